The van der Waals surface area contributed by atoms with Gasteiger partial charge in [0.05, 0.1) is 4.90 Å². The van der Waals surface area contributed by atoms with Gasteiger partial charge in [0.2, 0.25) is 15.9 Å². The van der Waals surface area contributed by atoms with Gasteiger partial charge in [-0.3, -0.25) is 4.79 Å². The lowest BCUT2D eigenvalue weighted by Gasteiger charge is -2.32. The Labute approximate surface area is 148 Å². The molecule has 25 heavy (non-hydrogen) atoms. The Hall–Kier alpha value is -1.47. The molecule has 0 aromatic heterocycles. The Kier molecular flexibility index (Phi) is 5.74. The number of sulfonamides is 1. The number of carbonyl (C=O) groups excluding carboxylic acids is 1. The van der Waals surface area contributed by atoms with Crippen LogP contribution in [0.5, 0.6) is 0 Å². The molecule has 1 atom stereocenters. The van der Waals surface area contributed by atoms with Gasteiger partial charge in [-0.2, -0.15) is 4.31 Å². The predicted molar refractivity (Wildman–Crippen MR) is 92.9 cm³/mol. The van der Waals surface area contributed by atoms with Crippen LogP contribution in [-0.2, 0) is 14.8 Å². The monoisotopic (exact) mass is 368 g/mol. The van der Waals surface area contributed by atoms with Gasteiger partial charge in [0.15, 0.2) is 0 Å². The molecule has 0 radical (unpaired) electrons. The van der Waals surface area contributed by atoms with Gasteiger partial charge in [0.25, 0.3) is 0 Å². The average Bonchev–Trinajstić information content (AvgIpc) is 3.43. The smallest absolute Gasteiger partial charge is 0.243 e. The quantitative estimate of drug-likeness (QED) is 0.804. The molecule has 2 aliphatic rings. The van der Waals surface area contributed by atoms with Gasteiger partial charge >= 0.3 is 0 Å². The molecule has 1 aromatic rings. The highest BCUT2D eigenvalue weighted by Crippen LogP contribution is 2.28. The van der Waals surface area contributed by atoms with Gasteiger partial charge in [0.1, 0.15) is 5.82 Å². The lowest BCUT2D eigenvalue weighted by Crippen LogP contribution is -2.40. The maximum atomic E-state index is 13.0. The third kappa shape index (κ3) is 5.01. The third-order valence-corrected chi connectivity index (χ3v) is 6.88. The maximum absolute atomic E-state index is 13.0. The standard InChI is InChI=1S/C18H25FN2O3S/c19-16-6-8-17(9-7-16)25(23,24)21-11-1-2-15(13-21)5-10-18(22)20-12-14-3-4-14/h6-9,14-15H,1-5,10-13H2,(H,20,22). The van der Waals surface area contributed by atoms with Crippen LogP contribution in [0.1, 0.15) is 38.5 Å². The largest absolute Gasteiger partial charge is 0.356 e. The average molecular weight is 368 g/mol. The number of hydrogen-bond acceptors (Lipinski definition) is 3. The van der Waals surface area contributed by atoms with E-state index in [0.717, 1.165) is 19.4 Å². The van der Waals surface area contributed by atoms with Crippen molar-refractivity contribution in [2.45, 2.75) is 43.4 Å². The number of nitrogens with zero attached hydrogens (tertiary/aromatic N) is 1. The first-order valence-electron chi connectivity index (χ1n) is 8.97. The van der Waals surface area contributed by atoms with Crippen LogP contribution in [0, 0.1) is 17.7 Å². The van der Waals surface area contributed by atoms with Gasteiger partial charge in [-0.25, -0.2) is 12.8 Å². The van der Waals surface area contributed by atoms with E-state index in [1.165, 1.54) is 41.4 Å². The van der Waals surface area contributed by atoms with Crippen LogP contribution in [0.15, 0.2) is 29.2 Å². The number of hydrogen-bond donors (Lipinski definition) is 1. The molecule has 2 fully saturated rings. The highest BCUT2D eigenvalue weighted by atomic mass is 32.2. The minimum absolute atomic E-state index is 0.0606. The SMILES string of the molecule is O=C(CCC1CCCN(S(=O)(=O)c2ccc(F)cc2)C1)NCC1CC1. The van der Waals surface area contributed by atoms with Crippen molar-refractivity contribution in [3.63, 3.8) is 0 Å². The van der Waals surface area contributed by atoms with Crippen LogP contribution >= 0.6 is 0 Å². The molecule has 3 rings (SSSR count). The van der Waals surface area contributed by atoms with Crippen molar-refractivity contribution in [1.29, 1.82) is 0 Å². The number of rotatable bonds is 7. The summed E-state index contributed by atoms with van der Waals surface area (Å²) >= 11 is 0. The second-order valence-corrected chi connectivity index (χ2v) is 9.05. The van der Waals surface area contributed by atoms with Gasteiger partial charge in [-0.15, -0.1) is 0 Å². The van der Waals surface area contributed by atoms with Crippen molar-refractivity contribution in [2.75, 3.05) is 19.6 Å². The molecule has 5 nitrogen and oxygen atoms in total. The van der Waals surface area contributed by atoms with E-state index >= 15 is 0 Å². The summed E-state index contributed by atoms with van der Waals surface area (Å²) in [5, 5.41) is 2.95. The third-order valence-electron chi connectivity index (χ3n) is 5.00. The van der Waals surface area contributed by atoms with Crippen molar-refractivity contribution in [2.24, 2.45) is 11.8 Å². The van der Waals surface area contributed by atoms with Crippen LogP contribution < -0.4 is 5.32 Å². The van der Waals surface area contributed by atoms with E-state index < -0.39 is 15.8 Å². The Morgan fingerprint density at radius 2 is 1.88 bits per heavy atom. The highest BCUT2D eigenvalue weighted by Gasteiger charge is 2.30. The summed E-state index contributed by atoms with van der Waals surface area (Å²) in [6.45, 7) is 1.67. The minimum atomic E-state index is -3.60. The molecule has 1 aliphatic heterocycles. The summed E-state index contributed by atoms with van der Waals surface area (Å²) in [7, 11) is -3.60. The lowest BCUT2D eigenvalue weighted by atomic mass is 9.94. The topological polar surface area (TPSA) is 66.5 Å². The first kappa shape index (κ1) is 18.3. The summed E-state index contributed by atoms with van der Waals surface area (Å²) in [6.07, 6.45) is 5.28. The second-order valence-electron chi connectivity index (χ2n) is 7.11. The Morgan fingerprint density at radius 3 is 2.56 bits per heavy atom. The second kappa shape index (κ2) is 7.83. The van der Waals surface area contributed by atoms with E-state index in [1.807, 2.05) is 0 Å². The van der Waals surface area contributed by atoms with Crippen molar-refractivity contribution in [1.82, 2.24) is 9.62 Å². The molecule has 1 saturated carbocycles. The van der Waals surface area contributed by atoms with Gasteiger partial charge in [0, 0.05) is 26.1 Å². The summed E-state index contributed by atoms with van der Waals surface area (Å²) in [6, 6.07) is 4.94. The fraction of sp³-hybridized carbons (Fsp3) is 0.611. The van der Waals surface area contributed by atoms with Gasteiger partial charge in [-0.1, -0.05) is 0 Å². The molecule has 138 valence electrons. The van der Waals surface area contributed by atoms with Crippen molar-refractivity contribution in [3.05, 3.63) is 30.1 Å². The highest BCUT2D eigenvalue weighted by molar-refractivity contribution is 7.89. The molecule has 1 saturated heterocycles. The normalized spacial score (nSPS) is 21.9. The van der Waals surface area contributed by atoms with Crippen LogP contribution in [0.25, 0.3) is 0 Å². The molecule has 1 aromatic carbocycles. The van der Waals surface area contributed by atoms with Crippen molar-refractivity contribution in [3.8, 4) is 0 Å². The molecule has 1 aliphatic carbocycles. The first-order valence-corrected chi connectivity index (χ1v) is 10.4. The van der Waals surface area contributed by atoms with Gasteiger partial charge in [-0.05, 0) is 68.2 Å². The van der Waals surface area contributed by atoms with Gasteiger partial charge < -0.3 is 5.32 Å². The number of nitrogens with one attached hydrogen (secondary N) is 1. The molecular weight excluding hydrogens is 343 g/mol. The van der Waals surface area contributed by atoms with Crippen LogP contribution in [0.4, 0.5) is 4.39 Å². The van der Waals surface area contributed by atoms with E-state index in [4.69, 9.17) is 0 Å². The molecule has 0 spiro atoms. The summed E-state index contributed by atoms with van der Waals surface area (Å²) in [5.41, 5.74) is 0. The maximum Gasteiger partial charge on any atom is 0.243 e. The zero-order valence-corrected chi connectivity index (χ0v) is 15.1. The molecule has 1 amide bonds. The predicted octanol–water partition coefficient (Wildman–Crippen LogP) is 2.53. The van der Waals surface area contributed by atoms with E-state index in [2.05, 4.69) is 5.32 Å². The number of amides is 1. The van der Waals surface area contributed by atoms with E-state index in [0.29, 0.717) is 31.8 Å². The fourth-order valence-corrected chi connectivity index (χ4v) is 4.79. The van der Waals surface area contributed by atoms with Crippen LogP contribution in [0.2, 0.25) is 0 Å². The fourth-order valence-electron chi connectivity index (χ4n) is 3.24. The molecule has 1 heterocycles. The number of halogens is 1. The van der Waals surface area contributed by atoms with E-state index in [-0.39, 0.29) is 16.7 Å². The van der Waals surface area contributed by atoms with Crippen molar-refractivity contribution >= 4 is 15.9 Å². The zero-order valence-electron chi connectivity index (χ0n) is 14.3. The molecule has 7 heteroatoms. The van der Waals surface area contributed by atoms with Crippen molar-refractivity contribution < 1.29 is 17.6 Å². The van der Waals surface area contributed by atoms with Crippen LogP contribution in [-0.4, -0.2) is 38.3 Å². The van der Waals surface area contributed by atoms with Crippen LogP contribution in [0.3, 0.4) is 0 Å². The summed E-state index contributed by atoms with van der Waals surface area (Å²) in [5.74, 6) is 0.462. The number of carbonyl (C=O) groups is 1. The minimum Gasteiger partial charge on any atom is -0.356 e. The Morgan fingerprint density at radius 1 is 1.16 bits per heavy atom. The molecule has 1 N–H and O–H groups in total. The molecule has 1 unspecified atom stereocenters. The summed E-state index contributed by atoms with van der Waals surface area (Å²) < 4.78 is 39.9. The first-order chi connectivity index (χ1) is 11.9. The molecule has 0 bridgehead atoms. The lowest BCUT2D eigenvalue weighted by molar-refractivity contribution is -0.121. The van der Waals surface area contributed by atoms with E-state index in [1.54, 1.807) is 0 Å². The van der Waals surface area contributed by atoms with E-state index in [9.17, 15) is 17.6 Å². The molecular formula is C18H25FN2O3S. The number of benzene rings is 1. The zero-order chi connectivity index (χ0) is 17.9. The summed E-state index contributed by atoms with van der Waals surface area (Å²) in [4.78, 5) is 12.0. The Balaban J connectivity index is 1.53. The Bertz CT molecular complexity index is 702. The number of piperidine rings is 1.